The van der Waals surface area contributed by atoms with E-state index in [0.29, 0.717) is 22.7 Å². The first-order valence-electron chi connectivity index (χ1n) is 10.3. The van der Waals surface area contributed by atoms with Gasteiger partial charge in [-0.05, 0) is 55.0 Å². The van der Waals surface area contributed by atoms with Crippen LogP contribution in [0.1, 0.15) is 27.2 Å². The van der Waals surface area contributed by atoms with Crippen LogP contribution in [-0.2, 0) is 12.8 Å². The summed E-state index contributed by atoms with van der Waals surface area (Å²) in [7, 11) is 0. The van der Waals surface area contributed by atoms with E-state index in [-0.39, 0.29) is 12.3 Å². The Bertz CT molecular complexity index is 1350. The van der Waals surface area contributed by atoms with E-state index in [2.05, 4.69) is 15.9 Å². The zero-order valence-electron chi connectivity index (χ0n) is 17.9. The van der Waals surface area contributed by atoms with Crippen LogP contribution in [0.4, 0.5) is 13.2 Å². The van der Waals surface area contributed by atoms with Crippen molar-refractivity contribution in [3.63, 3.8) is 0 Å². The molecule has 3 aromatic carbocycles. The third-order valence-electron chi connectivity index (χ3n) is 5.33. The predicted octanol–water partition coefficient (Wildman–Crippen LogP) is 7.51. The molecule has 4 nitrogen and oxygen atoms in total. The molecule has 0 aliphatic rings. The third kappa shape index (κ3) is 4.72. The van der Waals surface area contributed by atoms with Crippen LogP contribution in [0.3, 0.4) is 0 Å². The van der Waals surface area contributed by atoms with Crippen molar-refractivity contribution < 1.29 is 27.8 Å². The Morgan fingerprint density at radius 1 is 1.00 bits per heavy atom. The summed E-state index contributed by atoms with van der Waals surface area (Å²) in [6, 6.07) is 21.7. The van der Waals surface area contributed by atoms with E-state index in [1.807, 2.05) is 30.3 Å². The Kier molecular flexibility index (Phi) is 6.52. The van der Waals surface area contributed by atoms with Gasteiger partial charge in [0, 0.05) is 15.7 Å². The molecule has 1 N–H and O–H groups in total. The van der Waals surface area contributed by atoms with Crippen molar-refractivity contribution in [2.75, 3.05) is 0 Å². The van der Waals surface area contributed by atoms with Gasteiger partial charge in [0.05, 0.1) is 22.5 Å². The van der Waals surface area contributed by atoms with Gasteiger partial charge >= 0.3 is 12.1 Å². The van der Waals surface area contributed by atoms with E-state index < -0.39 is 23.3 Å². The van der Waals surface area contributed by atoms with Crippen molar-refractivity contribution >= 4 is 21.9 Å². The molecule has 0 spiro atoms. The summed E-state index contributed by atoms with van der Waals surface area (Å²) >= 11 is 3.43. The summed E-state index contributed by atoms with van der Waals surface area (Å²) in [6.07, 6.45) is -4.87. The van der Waals surface area contributed by atoms with Crippen LogP contribution in [0, 0.1) is 6.92 Å². The molecular weight excluding hydrogens is 511 g/mol. The molecule has 4 rings (SSSR count). The number of halogens is 4. The van der Waals surface area contributed by atoms with Crippen LogP contribution >= 0.6 is 15.9 Å². The number of aryl methyl sites for hydroxylation is 1. The number of hydrogen-bond acceptors (Lipinski definition) is 2. The molecule has 1 aromatic heterocycles. The molecule has 0 saturated heterocycles. The number of carbonyl (C=O) groups is 1. The number of nitrogens with zero attached hydrogens (tertiary/aromatic N) is 1. The van der Waals surface area contributed by atoms with Gasteiger partial charge in [0.15, 0.2) is 0 Å². The summed E-state index contributed by atoms with van der Waals surface area (Å²) in [5.74, 6) is -1.16. The molecule has 0 saturated carbocycles. The molecule has 0 unspecified atom stereocenters. The lowest BCUT2D eigenvalue weighted by Gasteiger charge is -2.21. The van der Waals surface area contributed by atoms with Gasteiger partial charge < -0.3 is 14.4 Å². The number of carboxylic acids is 1. The number of benzene rings is 3. The summed E-state index contributed by atoms with van der Waals surface area (Å²) < 4.78 is 50.4. The van der Waals surface area contributed by atoms with Crippen molar-refractivity contribution in [1.82, 2.24) is 4.57 Å². The monoisotopic (exact) mass is 529 g/mol. The standard InChI is InChI=1S/C26H19BrF3NO3/c1-16-10-12-21(31(16)22-9-5-8-19(25(32)33)24(22)26(28,29)30)20-14-18(27)11-13-23(20)34-15-17-6-3-2-4-7-17/h2-14H,15H2,1H3,(H,32,33). The minimum Gasteiger partial charge on any atom is -0.488 e. The van der Waals surface area contributed by atoms with Gasteiger partial charge in [-0.2, -0.15) is 13.2 Å². The second kappa shape index (κ2) is 9.38. The molecular formula is C26H19BrF3NO3. The third-order valence-corrected chi connectivity index (χ3v) is 5.82. The average molecular weight is 530 g/mol. The normalized spacial score (nSPS) is 11.4. The fourth-order valence-corrected chi connectivity index (χ4v) is 4.20. The molecule has 4 aromatic rings. The van der Waals surface area contributed by atoms with E-state index in [0.717, 1.165) is 16.1 Å². The van der Waals surface area contributed by atoms with Gasteiger partial charge in [-0.15, -0.1) is 0 Å². The number of aromatic nitrogens is 1. The molecule has 34 heavy (non-hydrogen) atoms. The van der Waals surface area contributed by atoms with Crippen molar-refractivity contribution in [3.05, 3.63) is 106 Å². The molecule has 0 bridgehead atoms. The average Bonchev–Trinajstić information content (AvgIpc) is 3.18. The quantitative estimate of drug-likeness (QED) is 0.281. The molecule has 8 heteroatoms. The Morgan fingerprint density at radius 2 is 1.74 bits per heavy atom. The first-order valence-corrected chi connectivity index (χ1v) is 11.0. The van der Waals surface area contributed by atoms with Gasteiger partial charge in [0.1, 0.15) is 12.4 Å². The highest BCUT2D eigenvalue weighted by Crippen LogP contribution is 2.41. The van der Waals surface area contributed by atoms with E-state index >= 15 is 0 Å². The summed E-state index contributed by atoms with van der Waals surface area (Å²) in [5.41, 5.74) is 0.179. The van der Waals surface area contributed by atoms with E-state index in [1.54, 1.807) is 37.3 Å². The Morgan fingerprint density at radius 3 is 2.41 bits per heavy atom. The SMILES string of the molecule is Cc1ccc(-c2cc(Br)ccc2OCc2ccccc2)n1-c1cccc(C(=O)O)c1C(F)(F)F. The van der Waals surface area contributed by atoms with Crippen LogP contribution < -0.4 is 4.74 Å². The largest absolute Gasteiger partial charge is 0.488 e. The van der Waals surface area contributed by atoms with Gasteiger partial charge in [-0.3, -0.25) is 0 Å². The lowest BCUT2D eigenvalue weighted by atomic mass is 10.0. The van der Waals surface area contributed by atoms with Gasteiger partial charge in [0.25, 0.3) is 0 Å². The van der Waals surface area contributed by atoms with Gasteiger partial charge in [-0.1, -0.05) is 52.3 Å². The number of alkyl halides is 3. The minimum absolute atomic E-state index is 0.265. The zero-order valence-corrected chi connectivity index (χ0v) is 19.5. The fraction of sp³-hybridized carbons (Fsp3) is 0.115. The van der Waals surface area contributed by atoms with E-state index in [9.17, 15) is 23.1 Å². The maximum Gasteiger partial charge on any atom is 0.419 e. The lowest BCUT2D eigenvalue weighted by molar-refractivity contribution is -0.138. The van der Waals surface area contributed by atoms with Crippen LogP contribution in [0.2, 0.25) is 0 Å². The molecule has 0 fully saturated rings. The highest BCUT2D eigenvalue weighted by atomic mass is 79.9. The zero-order chi connectivity index (χ0) is 24.5. The van der Waals surface area contributed by atoms with Crippen LogP contribution in [0.25, 0.3) is 16.9 Å². The van der Waals surface area contributed by atoms with Crippen molar-refractivity contribution in [2.45, 2.75) is 19.7 Å². The van der Waals surface area contributed by atoms with Crippen molar-refractivity contribution in [1.29, 1.82) is 0 Å². The Labute approximate surface area is 202 Å². The summed E-state index contributed by atoms with van der Waals surface area (Å²) in [6.45, 7) is 1.94. The minimum atomic E-state index is -4.87. The highest BCUT2D eigenvalue weighted by Gasteiger charge is 2.39. The highest BCUT2D eigenvalue weighted by molar-refractivity contribution is 9.10. The second-order valence-corrected chi connectivity index (χ2v) is 8.53. The molecule has 1 heterocycles. The maximum absolute atomic E-state index is 14.1. The Hall–Kier alpha value is -3.52. The van der Waals surface area contributed by atoms with Crippen LogP contribution in [0.15, 0.2) is 83.3 Å². The number of carboxylic acid groups (broad SMARTS) is 1. The first kappa shape index (κ1) is 23.6. The number of hydrogen-bond donors (Lipinski definition) is 1. The summed E-state index contributed by atoms with van der Waals surface area (Å²) in [5, 5.41) is 9.43. The Balaban J connectivity index is 1.88. The maximum atomic E-state index is 14.1. The molecule has 174 valence electrons. The fourth-order valence-electron chi connectivity index (χ4n) is 3.83. The molecule has 0 radical (unpaired) electrons. The molecule has 0 aliphatic heterocycles. The smallest absolute Gasteiger partial charge is 0.419 e. The predicted molar refractivity (Wildman–Crippen MR) is 126 cm³/mol. The number of ether oxygens (including phenoxy) is 1. The van der Waals surface area contributed by atoms with E-state index in [1.165, 1.54) is 16.7 Å². The summed E-state index contributed by atoms with van der Waals surface area (Å²) in [4.78, 5) is 11.6. The molecule has 0 aliphatic carbocycles. The second-order valence-electron chi connectivity index (χ2n) is 7.61. The van der Waals surface area contributed by atoms with Gasteiger partial charge in [-0.25, -0.2) is 4.79 Å². The van der Waals surface area contributed by atoms with E-state index in [4.69, 9.17) is 4.74 Å². The van der Waals surface area contributed by atoms with Crippen LogP contribution in [0.5, 0.6) is 5.75 Å². The lowest BCUT2D eigenvalue weighted by Crippen LogP contribution is -2.17. The molecule has 0 amide bonds. The van der Waals surface area contributed by atoms with Crippen molar-refractivity contribution in [3.8, 4) is 22.7 Å². The number of rotatable bonds is 6. The first-order chi connectivity index (χ1) is 16.2. The number of aromatic carboxylic acids is 1. The van der Waals surface area contributed by atoms with Crippen LogP contribution in [-0.4, -0.2) is 15.6 Å². The molecule has 0 atom stereocenters. The van der Waals surface area contributed by atoms with Gasteiger partial charge in [0.2, 0.25) is 0 Å². The topological polar surface area (TPSA) is 51.5 Å². The van der Waals surface area contributed by atoms with Crippen molar-refractivity contribution in [2.24, 2.45) is 0 Å².